The van der Waals surface area contributed by atoms with E-state index in [4.69, 9.17) is 9.97 Å². The topological polar surface area (TPSA) is 70.2 Å². The molecule has 0 aliphatic heterocycles. The highest BCUT2D eigenvalue weighted by Crippen LogP contribution is 2.30. The van der Waals surface area contributed by atoms with Gasteiger partial charge in [0.25, 0.3) is 5.91 Å². The third kappa shape index (κ3) is 5.57. The molecular weight excluding hydrogens is 431 g/mol. The van der Waals surface area contributed by atoms with Gasteiger partial charge in [0.2, 0.25) is 5.95 Å². The number of amides is 1. The highest BCUT2D eigenvalue weighted by atomic mass is 19.4. The van der Waals surface area contributed by atoms with Crippen molar-refractivity contribution in [3.8, 4) is 0 Å². The Hall–Kier alpha value is -2.84. The van der Waals surface area contributed by atoms with Gasteiger partial charge >= 0.3 is 6.18 Å². The fraction of sp³-hybridized carbons (Fsp3) is 0.542. The van der Waals surface area contributed by atoms with Crippen LogP contribution < -0.4 is 15.5 Å². The molecule has 2 aromatic rings. The van der Waals surface area contributed by atoms with Gasteiger partial charge in [-0.2, -0.15) is 18.2 Å². The Morgan fingerprint density at radius 2 is 1.61 bits per heavy atom. The van der Waals surface area contributed by atoms with Crippen molar-refractivity contribution in [3.05, 3.63) is 46.6 Å². The van der Waals surface area contributed by atoms with E-state index in [9.17, 15) is 18.0 Å². The molecule has 1 aromatic heterocycles. The van der Waals surface area contributed by atoms with Crippen molar-refractivity contribution in [2.24, 2.45) is 0 Å². The number of anilines is 2. The van der Waals surface area contributed by atoms with E-state index in [1.165, 1.54) is 24.1 Å². The largest absolute Gasteiger partial charge is 0.416 e. The van der Waals surface area contributed by atoms with Crippen molar-refractivity contribution < 1.29 is 18.0 Å². The van der Waals surface area contributed by atoms with Gasteiger partial charge in [-0.25, -0.2) is 4.98 Å². The first-order valence-electron chi connectivity index (χ1n) is 11.5. The van der Waals surface area contributed by atoms with Gasteiger partial charge in [0.15, 0.2) is 0 Å². The molecule has 0 unspecified atom stereocenters. The molecule has 1 aromatic carbocycles. The maximum absolute atomic E-state index is 12.7. The van der Waals surface area contributed by atoms with Crippen LogP contribution in [0.15, 0.2) is 24.3 Å². The molecular formula is C24H30F3N5O. The normalized spacial score (nSPS) is 20.6. The number of aryl methyl sites for hydroxylation is 1. The molecule has 4 rings (SSSR count). The van der Waals surface area contributed by atoms with Gasteiger partial charge < -0.3 is 15.5 Å². The second-order valence-electron chi connectivity index (χ2n) is 9.14. The number of alkyl halides is 3. The summed E-state index contributed by atoms with van der Waals surface area (Å²) >= 11 is 0. The number of nitrogens with zero attached hydrogens (tertiary/aromatic N) is 3. The van der Waals surface area contributed by atoms with E-state index >= 15 is 0 Å². The van der Waals surface area contributed by atoms with Gasteiger partial charge in [-0.3, -0.25) is 4.79 Å². The summed E-state index contributed by atoms with van der Waals surface area (Å²) in [5.74, 6) is 1.31. The van der Waals surface area contributed by atoms with Crippen LogP contribution in [0.1, 0.15) is 65.7 Å². The van der Waals surface area contributed by atoms with Gasteiger partial charge in [0, 0.05) is 37.3 Å². The lowest BCUT2D eigenvalue weighted by molar-refractivity contribution is -0.137. The smallest absolute Gasteiger partial charge is 0.362 e. The summed E-state index contributed by atoms with van der Waals surface area (Å²) in [6.07, 6.45) is 3.21. The number of carbonyl (C=O) groups excluding carboxylic acids is 1. The zero-order valence-corrected chi connectivity index (χ0v) is 19.0. The Labute approximate surface area is 192 Å². The summed E-state index contributed by atoms with van der Waals surface area (Å²) in [5.41, 5.74) is 1.88. The Balaban J connectivity index is 1.32. The lowest BCUT2D eigenvalue weighted by atomic mass is 9.91. The summed E-state index contributed by atoms with van der Waals surface area (Å²) in [6, 6.07) is 4.55. The van der Waals surface area contributed by atoms with Crippen molar-refractivity contribution in [1.82, 2.24) is 15.3 Å². The first-order valence-corrected chi connectivity index (χ1v) is 11.5. The molecule has 2 aliphatic carbocycles. The standard InChI is InChI=1S/C24H30F3N5O/c1-32(2)21-19-5-3-4-6-20(19)30-23(31-21)29-18-13-11-17(12-14-18)28-22(33)15-7-9-16(10-8-15)24(25,26)27/h7-10,17-18H,3-6,11-14H2,1-2H3,(H,28,33)(H,29,30,31). The third-order valence-electron chi connectivity index (χ3n) is 6.45. The lowest BCUT2D eigenvalue weighted by Gasteiger charge is -2.30. The van der Waals surface area contributed by atoms with Crippen molar-refractivity contribution >= 4 is 17.7 Å². The average Bonchev–Trinajstić information content (AvgIpc) is 2.79. The summed E-state index contributed by atoms with van der Waals surface area (Å²) in [6.45, 7) is 0. The number of nitrogens with one attached hydrogen (secondary N) is 2. The van der Waals surface area contributed by atoms with Crippen molar-refractivity contribution in [3.63, 3.8) is 0 Å². The maximum Gasteiger partial charge on any atom is 0.416 e. The van der Waals surface area contributed by atoms with E-state index in [1.807, 2.05) is 19.0 Å². The molecule has 0 spiro atoms. The fourth-order valence-corrected chi connectivity index (χ4v) is 4.65. The van der Waals surface area contributed by atoms with Crippen LogP contribution in [0.2, 0.25) is 0 Å². The number of rotatable bonds is 5. The maximum atomic E-state index is 12.7. The molecule has 6 nitrogen and oxygen atoms in total. The van der Waals surface area contributed by atoms with Crippen LogP contribution in [-0.2, 0) is 19.0 Å². The van der Waals surface area contributed by atoms with E-state index in [1.54, 1.807) is 0 Å². The molecule has 178 valence electrons. The number of hydrogen-bond donors (Lipinski definition) is 2. The Kier molecular flexibility index (Phi) is 6.76. The molecule has 0 radical (unpaired) electrons. The highest BCUT2D eigenvalue weighted by molar-refractivity contribution is 5.94. The van der Waals surface area contributed by atoms with Crippen LogP contribution >= 0.6 is 0 Å². The zero-order chi connectivity index (χ0) is 23.6. The van der Waals surface area contributed by atoms with Crippen LogP contribution in [0, 0.1) is 0 Å². The molecule has 1 saturated carbocycles. The summed E-state index contributed by atoms with van der Waals surface area (Å²) in [5, 5.41) is 6.44. The predicted molar refractivity (Wildman–Crippen MR) is 122 cm³/mol. The van der Waals surface area contributed by atoms with E-state index in [2.05, 4.69) is 10.6 Å². The number of hydrogen-bond acceptors (Lipinski definition) is 5. The summed E-state index contributed by atoms with van der Waals surface area (Å²) < 4.78 is 38.1. The average molecular weight is 462 g/mol. The molecule has 0 atom stereocenters. The van der Waals surface area contributed by atoms with Crippen LogP contribution in [0.5, 0.6) is 0 Å². The minimum Gasteiger partial charge on any atom is -0.362 e. The highest BCUT2D eigenvalue weighted by Gasteiger charge is 2.30. The van der Waals surface area contributed by atoms with Crippen LogP contribution in [0.25, 0.3) is 0 Å². The number of carbonyl (C=O) groups is 1. The Bertz CT molecular complexity index is 983. The number of benzene rings is 1. The Morgan fingerprint density at radius 1 is 0.970 bits per heavy atom. The van der Waals surface area contributed by atoms with Gasteiger partial charge in [-0.1, -0.05) is 0 Å². The molecule has 0 saturated heterocycles. The first-order chi connectivity index (χ1) is 15.7. The van der Waals surface area contributed by atoms with E-state index in [-0.39, 0.29) is 23.6 Å². The lowest BCUT2D eigenvalue weighted by Crippen LogP contribution is -2.40. The molecule has 1 amide bonds. The summed E-state index contributed by atoms with van der Waals surface area (Å²) in [4.78, 5) is 24.0. The second-order valence-corrected chi connectivity index (χ2v) is 9.14. The number of aromatic nitrogens is 2. The zero-order valence-electron chi connectivity index (χ0n) is 19.0. The first kappa shape index (κ1) is 23.3. The quantitative estimate of drug-likeness (QED) is 0.682. The van der Waals surface area contributed by atoms with Crippen molar-refractivity contribution in [1.29, 1.82) is 0 Å². The molecule has 2 N–H and O–H groups in total. The van der Waals surface area contributed by atoms with E-state index in [0.717, 1.165) is 68.6 Å². The van der Waals surface area contributed by atoms with Crippen molar-refractivity contribution in [2.45, 2.75) is 69.6 Å². The van der Waals surface area contributed by atoms with Gasteiger partial charge in [-0.05, 0) is 75.6 Å². The van der Waals surface area contributed by atoms with Gasteiger partial charge in [0.05, 0.1) is 11.3 Å². The molecule has 33 heavy (non-hydrogen) atoms. The number of halogens is 3. The number of fused-ring (bicyclic) bond motifs is 1. The van der Waals surface area contributed by atoms with Crippen LogP contribution in [0.4, 0.5) is 24.9 Å². The van der Waals surface area contributed by atoms with Crippen LogP contribution in [0.3, 0.4) is 0 Å². The summed E-state index contributed by atoms with van der Waals surface area (Å²) in [7, 11) is 4.01. The monoisotopic (exact) mass is 461 g/mol. The van der Waals surface area contributed by atoms with E-state index < -0.39 is 11.7 Å². The van der Waals surface area contributed by atoms with E-state index in [0.29, 0.717) is 5.95 Å². The van der Waals surface area contributed by atoms with Crippen molar-refractivity contribution in [2.75, 3.05) is 24.3 Å². The van der Waals surface area contributed by atoms with Gasteiger partial charge in [-0.15, -0.1) is 0 Å². The fourth-order valence-electron chi connectivity index (χ4n) is 4.65. The molecule has 2 aliphatic rings. The SMILES string of the molecule is CN(C)c1nc(NC2CCC(NC(=O)c3ccc(C(F)(F)F)cc3)CC2)nc2c1CCCC2. The Morgan fingerprint density at radius 3 is 2.24 bits per heavy atom. The second kappa shape index (κ2) is 9.57. The third-order valence-corrected chi connectivity index (χ3v) is 6.45. The van der Waals surface area contributed by atoms with Gasteiger partial charge in [0.1, 0.15) is 5.82 Å². The molecule has 0 bridgehead atoms. The van der Waals surface area contributed by atoms with Crippen LogP contribution in [-0.4, -0.2) is 42.1 Å². The molecule has 1 fully saturated rings. The minimum absolute atomic E-state index is 0.000343. The minimum atomic E-state index is -4.41. The molecule has 9 heteroatoms. The predicted octanol–water partition coefficient (Wildman–Crippen LogP) is 4.59. The molecule has 1 heterocycles.